The fourth-order valence-electron chi connectivity index (χ4n) is 3.17. The van der Waals surface area contributed by atoms with Crippen LogP contribution in [0.25, 0.3) is 10.9 Å². The van der Waals surface area contributed by atoms with E-state index in [0.717, 1.165) is 33.8 Å². The molecular formula is C22H19F3N2O5. The van der Waals surface area contributed by atoms with Gasteiger partial charge in [0.1, 0.15) is 18.1 Å². The van der Waals surface area contributed by atoms with Crippen LogP contribution in [0.2, 0.25) is 0 Å². The molecule has 168 valence electrons. The zero-order chi connectivity index (χ0) is 23.5. The third kappa shape index (κ3) is 4.90. The molecule has 1 amide bonds. The number of carboxylic acid groups (broad SMARTS) is 1. The number of nitrogens with zero attached hydrogens (tertiary/aromatic N) is 2. The van der Waals surface area contributed by atoms with Gasteiger partial charge in [-0.2, -0.15) is 13.2 Å². The Morgan fingerprint density at radius 3 is 2.50 bits per heavy atom. The van der Waals surface area contributed by atoms with Crippen molar-refractivity contribution in [3.05, 3.63) is 59.8 Å². The number of methoxy groups -OCH3 is 1. The maximum Gasteiger partial charge on any atom is 0.490 e. The lowest BCUT2D eigenvalue weighted by Gasteiger charge is -2.29. The lowest BCUT2D eigenvalue weighted by Crippen LogP contribution is -2.38. The highest BCUT2D eigenvalue weighted by molar-refractivity contribution is 6.14. The number of aromatic nitrogens is 1. The number of hydrogen-bond donors (Lipinski definition) is 1. The summed E-state index contributed by atoms with van der Waals surface area (Å²) in [4.78, 5) is 28.5. The molecule has 0 bridgehead atoms. The van der Waals surface area contributed by atoms with Crippen molar-refractivity contribution in [2.24, 2.45) is 0 Å². The second kappa shape index (κ2) is 9.13. The van der Waals surface area contributed by atoms with Crippen LogP contribution in [-0.2, 0) is 4.79 Å². The molecule has 0 radical (unpaired) electrons. The van der Waals surface area contributed by atoms with Crippen LogP contribution in [0, 0.1) is 6.92 Å². The highest BCUT2D eigenvalue weighted by Crippen LogP contribution is 2.33. The molecule has 7 nitrogen and oxygen atoms in total. The normalized spacial score (nSPS) is 12.8. The average molecular weight is 448 g/mol. The Hall–Kier alpha value is -3.82. The molecule has 1 aliphatic heterocycles. The number of aryl methyl sites for hydroxylation is 1. The summed E-state index contributed by atoms with van der Waals surface area (Å²) in [6, 6.07) is 15.0. The van der Waals surface area contributed by atoms with Crippen molar-refractivity contribution in [2.45, 2.75) is 13.1 Å². The predicted molar refractivity (Wildman–Crippen MR) is 110 cm³/mol. The summed E-state index contributed by atoms with van der Waals surface area (Å²) in [5, 5.41) is 7.94. The SMILES string of the molecule is COc1ccc2c(C(=O)N3CCOc4ccccc43)cc(C)nc2c1.O=C(O)C(F)(F)F. The van der Waals surface area contributed by atoms with Gasteiger partial charge in [-0.1, -0.05) is 12.1 Å². The van der Waals surface area contributed by atoms with Crippen LogP contribution in [0.5, 0.6) is 11.5 Å². The second-order valence-electron chi connectivity index (χ2n) is 6.77. The van der Waals surface area contributed by atoms with Gasteiger partial charge in [0.15, 0.2) is 0 Å². The third-order valence-corrected chi connectivity index (χ3v) is 4.59. The molecule has 3 aromatic rings. The number of fused-ring (bicyclic) bond motifs is 2. The fraction of sp³-hybridized carbons (Fsp3) is 0.227. The standard InChI is InChI=1S/C20H18N2O3.C2HF3O2/c1-13-11-16(15-8-7-14(24-2)12-17(15)21-13)20(23)22-9-10-25-19-6-4-3-5-18(19)22;3-2(4,5)1(6)7/h3-8,11-12H,9-10H2,1-2H3;(H,6,7). The van der Waals surface area contributed by atoms with E-state index in [1.54, 1.807) is 12.0 Å². The van der Waals surface area contributed by atoms with Crippen LogP contribution in [-0.4, -0.2) is 48.4 Å². The van der Waals surface area contributed by atoms with Gasteiger partial charge in [-0.3, -0.25) is 9.78 Å². The number of anilines is 1. The van der Waals surface area contributed by atoms with E-state index < -0.39 is 12.1 Å². The molecule has 0 spiro atoms. The van der Waals surface area contributed by atoms with E-state index in [0.29, 0.717) is 18.7 Å². The number of rotatable bonds is 2. The van der Waals surface area contributed by atoms with Gasteiger partial charge in [-0.15, -0.1) is 0 Å². The van der Waals surface area contributed by atoms with E-state index in [1.165, 1.54) is 0 Å². The Balaban J connectivity index is 0.000000360. The molecular weight excluding hydrogens is 429 g/mol. The van der Waals surface area contributed by atoms with E-state index >= 15 is 0 Å². The summed E-state index contributed by atoms with van der Waals surface area (Å²) >= 11 is 0. The molecule has 0 saturated carbocycles. The van der Waals surface area contributed by atoms with Crippen LogP contribution in [0.15, 0.2) is 48.5 Å². The topological polar surface area (TPSA) is 89.0 Å². The molecule has 2 heterocycles. The van der Waals surface area contributed by atoms with Crippen molar-refractivity contribution in [1.29, 1.82) is 0 Å². The maximum atomic E-state index is 13.3. The Morgan fingerprint density at radius 1 is 1.16 bits per heavy atom. The van der Waals surface area contributed by atoms with E-state index in [4.69, 9.17) is 19.4 Å². The lowest BCUT2D eigenvalue weighted by atomic mass is 10.1. The monoisotopic (exact) mass is 448 g/mol. The molecule has 0 unspecified atom stereocenters. The summed E-state index contributed by atoms with van der Waals surface area (Å²) in [5.41, 5.74) is 2.99. The molecule has 1 aromatic heterocycles. The minimum Gasteiger partial charge on any atom is -0.497 e. The summed E-state index contributed by atoms with van der Waals surface area (Å²) < 4.78 is 42.7. The quantitative estimate of drug-likeness (QED) is 0.632. The fourth-order valence-corrected chi connectivity index (χ4v) is 3.17. The van der Waals surface area contributed by atoms with Crippen LogP contribution in [0.4, 0.5) is 18.9 Å². The molecule has 1 N–H and O–H groups in total. The van der Waals surface area contributed by atoms with Crippen molar-refractivity contribution < 1.29 is 37.3 Å². The first-order valence-electron chi connectivity index (χ1n) is 9.41. The van der Waals surface area contributed by atoms with Gasteiger partial charge in [-0.25, -0.2) is 4.79 Å². The molecule has 0 saturated heterocycles. The first-order valence-corrected chi connectivity index (χ1v) is 9.41. The number of carbonyl (C=O) groups excluding carboxylic acids is 1. The molecule has 4 rings (SSSR count). The largest absolute Gasteiger partial charge is 0.497 e. The van der Waals surface area contributed by atoms with E-state index in [-0.39, 0.29) is 5.91 Å². The number of benzene rings is 2. The summed E-state index contributed by atoms with van der Waals surface area (Å²) in [5.74, 6) is -1.34. The van der Waals surface area contributed by atoms with Gasteiger partial charge >= 0.3 is 12.1 Å². The molecule has 2 aromatic carbocycles. The van der Waals surface area contributed by atoms with Gasteiger partial charge in [-0.05, 0) is 37.3 Å². The predicted octanol–water partition coefficient (Wildman–Crippen LogP) is 4.22. The molecule has 10 heteroatoms. The molecule has 32 heavy (non-hydrogen) atoms. The zero-order valence-corrected chi connectivity index (χ0v) is 17.1. The lowest BCUT2D eigenvalue weighted by molar-refractivity contribution is -0.192. The van der Waals surface area contributed by atoms with Crippen LogP contribution in [0.3, 0.4) is 0 Å². The highest BCUT2D eigenvalue weighted by atomic mass is 19.4. The number of ether oxygens (including phenoxy) is 2. The Kier molecular flexibility index (Phi) is 6.52. The molecule has 0 atom stereocenters. The minimum atomic E-state index is -5.08. The van der Waals surface area contributed by atoms with Crippen molar-refractivity contribution in [1.82, 2.24) is 4.98 Å². The highest BCUT2D eigenvalue weighted by Gasteiger charge is 2.38. The maximum absolute atomic E-state index is 13.3. The van der Waals surface area contributed by atoms with Gasteiger partial charge < -0.3 is 19.5 Å². The van der Waals surface area contributed by atoms with E-state index in [1.807, 2.05) is 55.5 Å². The number of pyridine rings is 1. The van der Waals surface area contributed by atoms with Crippen molar-refractivity contribution in [3.8, 4) is 11.5 Å². The number of para-hydroxylation sites is 2. The number of aliphatic carboxylic acids is 1. The van der Waals surface area contributed by atoms with Gasteiger partial charge in [0.05, 0.1) is 30.4 Å². The average Bonchev–Trinajstić information content (AvgIpc) is 2.77. The van der Waals surface area contributed by atoms with Crippen molar-refractivity contribution >= 4 is 28.5 Å². The Morgan fingerprint density at radius 2 is 1.84 bits per heavy atom. The van der Waals surface area contributed by atoms with Crippen LogP contribution < -0.4 is 14.4 Å². The zero-order valence-electron chi connectivity index (χ0n) is 17.1. The third-order valence-electron chi connectivity index (χ3n) is 4.59. The second-order valence-corrected chi connectivity index (χ2v) is 6.77. The molecule has 1 aliphatic rings. The molecule has 0 aliphatic carbocycles. The summed E-state index contributed by atoms with van der Waals surface area (Å²) in [7, 11) is 1.62. The summed E-state index contributed by atoms with van der Waals surface area (Å²) in [6.45, 7) is 2.90. The van der Waals surface area contributed by atoms with E-state index in [9.17, 15) is 18.0 Å². The van der Waals surface area contributed by atoms with Crippen LogP contribution >= 0.6 is 0 Å². The number of halogens is 3. The number of carbonyl (C=O) groups is 2. The minimum absolute atomic E-state index is 0.0450. The first kappa shape index (κ1) is 22.9. The number of alkyl halides is 3. The smallest absolute Gasteiger partial charge is 0.490 e. The van der Waals surface area contributed by atoms with E-state index in [2.05, 4.69) is 4.98 Å². The van der Waals surface area contributed by atoms with Crippen LogP contribution in [0.1, 0.15) is 16.1 Å². The van der Waals surface area contributed by atoms with Crippen molar-refractivity contribution in [2.75, 3.05) is 25.2 Å². The van der Waals surface area contributed by atoms with Gasteiger partial charge in [0.25, 0.3) is 5.91 Å². The Bertz CT molecular complexity index is 1160. The first-order chi connectivity index (χ1) is 15.1. The summed E-state index contributed by atoms with van der Waals surface area (Å²) in [6.07, 6.45) is -5.08. The molecule has 0 fully saturated rings. The Labute approximate surface area is 181 Å². The van der Waals surface area contributed by atoms with Gasteiger partial charge in [0, 0.05) is 17.1 Å². The number of hydrogen-bond acceptors (Lipinski definition) is 5. The van der Waals surface area contributed by atoms with Crippen molar-refractivity contribution in [3.63, 3.8) is 0 Å². The van der Waals surface area contributed by atoms with Gasteiger partial charge in [0.2, 0.25) is 0 Å². The number of carboxylic acids is 1. The number of amides is 1.